The van der Waals surface area contributed by atoms with E-state index in [-0.39, 0.29) is 12.5 Å². The first-order valence-corrected chi connectivity index (χ1v) is 10.1. The largest absolute Gasteiger partial charge is 0.484 e. The fraction of sp³-hybridized carbons (Fsp3) is 0.0476. The van der Waals surface area contributed by atoms with Crippen molar-refractivity contribution in [3.05, 3.63) is 75.2 Å². The normalized spacial score (nSPS) is 10.9. The number of aromatic nitrogens is 1. The average molecular weight is 492 g/mol. The smallest absolute Gasteiger partial charge is 0.262 e. The molecule has 1 amide bonds. The molecule has 0 unspecified atom stereocenters. The molecule has 1 heterocycles. The molecular weight excluding hydrogens is 479 g/mol. The van der Waals surface area contributed by atoms with Gasteiger partial charge in [0, 0.05) is 15.1 Å². The zero-order chi connectivity index (χ0) is 20.4. The highest BCUT2D eigenvalue weighted by Gasteiger charge is 2.13. The van der Waals surface area contributed by atoms with Crippen molar-refractivity contribution in [3.63, 3.8) is 0 Å². The molecule has 8 heteroatoms. The standard InChI is InChI=1S/C21H13BrCl2N2O3/c22-13-2-5-15(6-3-13)28-11-20(27)25-17-9-12(1-7-16(17)24)21-26-18-10-14(23)4-8-19(18)29-21/h1-10H,11H2,(H,25,27). The molecule has 1 N–H and O–H groups in total. The number of carbonyl (C=O) groups excluding carboxylic acids is 1. The van der Waals surface area contributed by atoms with E-state index in [9.17, 15) is 4.79 Å². The van der Waals surface area contributed by atoms with Gasteiger partial charge in [0.1, 0.15) is 11.3 Å². The van der Waals surface area contributed by atoms with Gasteiger partial charge in [-0.15, -0.1) is 0 Å². The predicted molar refractivity (Wildman–Crippen MR) is 118 cm³/mol. The number of hydrogen-bond donors (Lipinski definition) is 1. The third kappa shape index (κ3) is 4.72. The lowest BCUT2D eigenvalue weighted by Crippen LogP contribution is -2.20. The van der Waals surface area contributed by atoms with Crippen LogP contribution in [0.1, 0.15) is 0 Å². The topological polar surface area (TPSA) is 64.4 Å². The Kier molecular flexibility index (Phi) is 5.76. The summed E-state index contributed by atoms with van der Waals surface area (Å²) in [6.07, 6.45) is 0. The summed E-state index contributed by atoms with van der Waals surface area (Å²) in [7, 11) is 0. The molecule has 0 saturated carbocycles. The van der Waals surface area contributed by atoms with Gasteiger partial charge in [0.05, 0.1) is 10.7 Å². The van der Waals surface area contributed by atoms with Gasteiger partial charge in [-0.1, -0.05) is 39.1 Å². The molecule has 3 aromatic carbocycles. The van der Waals surface area contributed by atoms with Crippen LogP contribution >= 0.6 is 39.1 Å². The zero-order valence-electron chi connectivity index (χ0n) is 14.8. The fourth-order valence-electron chi connectivity index (χ4n) is 2.64. The Morgan fingerprint density at radius 1 is 1.07 bits per heavy atom. The highest BCUT2D eigenvalue weighted by molar-refractivity contribution is 9.10. The summed E-state index contributed by atoms with van der Waals surface area (Å²) >= 11 is 15.6. The van der Waals surface area contributed by atoms with Crippen molar-refractivity contribution in [3.8, 4) is 17.2 Å². The maximum atomic E-state index is 12.3. The average Bonchev–Trinajstić information content (AvgIpc) is 3.12. The van der Waals surface area contributed by atoms with Gasteiger partial charge in [0.25, 0.3) is 5.91 Å². The highest BCUT2D eigenvalue weighted by Crippen LogP contribution is 2.31. The van der Waals surface area contributed by atoms with Crippen LogP contribution in [0, 0.1) is 0 Å². The lowest BCUT2D eigenvalue weighted by atomic mass is 10.2. The number of hydrogen-bond acceptors (Lipinski definition) is 4. The molecule has 0 aliphatic heterocycles. The number of ether oxygens (including phenoxy) is 1. The highest BCUT2D eigenvalue weighted by atomic mass is 79.9. The minimum Gasteiger partial charge on any atom is -0.484 e. The van der Waals surface area contributed by atoms with Crippen molar-refractivity contribution in [2.75, 3.05) is 11.9 Å². The van der Waals surface area contributed by atoms with Gasteiger partial charge in [-0.2, -0.15) is 0 Å². The fourth-order valence-corrected chi connectivity index (χ4v) is 3.24. The van der Waals surface area contributed by atoms with Crippen LogP contribution in [0.2, 0.25) is 10.0 Å². The molecule has 146 valence electrons. The number of oxazole rings is 1. The molecule has 0 aliphatic carbocycles. The van der Waals surface area contributed by atoms with E-state index >= 15 is 0 Å². The monoisotopic (exact) mass is 490 g/mol. The first kappa shape index (κ1) is 19.8. The quantitative estimate of drug-likeness (QED) is 0.342. The van der Waals surface area contributed by atoms with Gasteiger partial charge < -0.3 is 14.5 Å². The van der Waals surface area contributed by atoms with Crippen molar-refractivity contribution in [2.45, 2.75) is 0 Å². The number of carbonyl (C=O) groups is 1. The summed E-state index contributed by atoms with van der Waals surface area (Å²) < 4.78 is 12.2. The second-order valence-corrected chi connectivity index (χ2v) is 7.88. The van der Waals surface area contributed by atoms with Crippen molar-refractivity contribution < 1.29 is 13.9 Å². The Balaban J connectivity index is 1.50. The van der Waals surface area contributed by atoms with E-state index in [2.05, 4.69) is 26.2 Å². The van der Waals surface area contributed by atoms with E-state index in [0.717, 1.165) is 4.47 Å². The molecule has 5 nitrogen and oxygen atoms in total. The van der Waals surface area contributed by atoms with Crippen molar-refractivity contribution in [1.29, 1.82) is 0 Å². The first-order chi connectivity index (χ1) is 14.0. The van der Waals surface area contributed by atoms with Gasteiger partial charge in [-0.25, -0.2) is 4.98 Å². The molecule has 29 heavy (non-hydrogen) atoms. The summed E-state index contributed by atoms with van der Waals surface area (Å²) in [5.41, 5.74) is 2.38. The Morgan fingerprint density at radius 3 is 2.66 bits per heavy atom. The molecule has 4 aromatic rings. The number of amides is 1. The van der Waals surface area contributed by atoms with E-state index in [1.54, 1.807) is 48.5 Å². The minimum absolute atomic E-state index is 0.149. The summed E-state index contributed by atoms with van der Waals surface area (Å²) in [4.78, 5) is 16.7. The number of rotatable bonds is 5. The van der Waals surface area contributed by atoms with Crippen LogP contribution in [0.25, 0.3) is 22.6 Å². The molecule has 4 rings (SSSR count). The molecule has 0 saturated heterocycles. The third-order valence-electron chi connectivity index (χ3n) is 4.02. The lowest BCUT2D eigenvalue weighted by Gasteiger charge is -2.10. The van der Waals surface area contributed by atoms with Crippen LogP contribution in [-0.2, 0) is 4.79 Å². The predicted octanol–water partition coefficient (Wildman–Crippen LogP) is 6.58. The van der Waals surface area contributed by atoms with E-state index in [0.29, 0.717) is 44.0 Å². The molecule has 0 atom stereocenters. The molecule has 1 aromatic heterocycles. The number of nitrogens with zero attached hydrogens (tertiary/aromatic N) is 1. The van der Waals surface area contributed by atoms with Crippen LogP contribution in [-0.4, -0.2) is 17.5 Å². The second kappa shape index (κ2) is 8.45. The number of benzene rings is 3. The number of nitrogens with one attached hydrogen (secondary N) is 1. The molecular formula is C21H13BrCl2N2O3. The minimum atomic E-state index is -0.337. The third-order valence-corrected chi connectivity index (χ3v) is 5.11. The summed E-state index contributed by atoms with van der Waals surface area (Å²) in [6, 6.07) is 17.6. The number of halogens is 3. The first-order valence-electron chi connectivity index (χ1n) is 8.52. The number of anilines is 1. The maximum Gasteiger partial charge on any atom is 0.262 e. The molecule has 0 fully saturated rings. The van der Waals surface area contributed by atoms with Gasteiger partial charge in [-0.3, -0.25) is 4.79 Å². The van der Waals surface area contributed by atoms with Gasteiger partial charge >= 0.3 is 0 Å². The lowest BCUT2D eigenvalue weighted by molar-refractivity contribution is -0.118. The van der Waals surface area contributed by atoms with E-state index in [4.69, 9.17) is 32.4 Å². The molecule has 0 aliphatic rings. The van der Waals surface area contributed by atoms with Gasteiger partial charge in [0.15, 0.2) is 12.2 Å². The van der Waals surface area contributed by atoms with Crippen molar-refractivity contribution in [1.82, 2.24) is 4.98 Å². The van der Waals surface area contributed by atoms with Crippen LogP contribution < -0.4 is 10.1 Å². The maximum absolute atomic E-state index is 12.3. The van der Waals surface area contributed by atoms with Crippen LogP contribution in [0.5, 0.6) is 5.75 Å². The molecule has 0 spiro atoms. The Hall–Kier alpha value is -2.54. The van der Waals surface area contributed by atoms with Crippen molar-refractivity contribution in [2.24, 2.45) is 0 Å². The molecule has 0 bridgehead atoms. The van der Waals surface area contributed by atoms with Gasteiger partial charge in [-0.05, 0) is 60.7 Å². The number of fused-ring (bicyclic) bond motifs is 1. The Bertz CT molecular complexity index is 1190. The van der Waals surface area contributed by atoms with E-state index in [1.165, 1.54) is 0 Å². The van der Waals surface area contributed by atoms with Crippen LogP contribution in [0.15, 0.2) is 69.6 Å². The SMILES string of the molecule is O=C(COc1ccc(Br)cc1)Nc1cc(-c2nc3cc(Cl)ccc3o2)ccc1Cl. The Labute approximate surface area is 184 Å². The van der Waals surface area contributed by atoms with E-state index < -0.39 is 0 Å². The summed E-state index contributed by atoms with van der Waals surface area (Å²) in [5, 5.41) is 3.72. The second-order valence-electron chi connectivity index (χ2n) is 6.12. The summed E-state index contributed by atoms with van der Waals surface area (Å²) in [5.74, 6) is 0.658. The van der Waals surface area contributed by atoms with Crippen molar-refractivity contribution >= 4 is 61.8 Å². The molecule has 0 radical (unpaired) electrons. The van der Waals surface area contributed by atoms with Crippen LogP contribution in [0.4, 0.5) is 5.69 Å². The summed E-state index contributed by atoms with van der Waals surface area (Å²) in [6.45, 7) is -0.149. The Morgan fingerprint density at radius 2 is 1.86 bits per heavy atom. The van der Waals surface area contributed by atoms with Gasteiger partial charge in [0.2, 0.25) is 5.89 Å². The van der Waals surface area contributed by atoms with Crippen LogP contribution in [0.3, 0.4) is 0 Å². The zero-order valence-corrected chi connectivity index (χ0v) is 17.9. The van der Waals surface area contributed by atoms with E-state index in [1.807, 2.05) is 12.1 Å².